The smallest absolute Gasteiger partial charge is 0.328 e. The lowest BCUT2D eigenvalue weighted by molar-refractivity contribution is 0.216. The van der Waals surface area contributed by atoms with E-state index in [1.165, 1.54) is 0 Å². The van der Waals surface area contributed by atoms with E-state index in [4.69, 9.17) is 4.89 Å². The molecule has 0 bridgehead atoms. The van der Waals surface area contributed by atoms with Gasteiger partial charge in [0, 0.05) is 9.90 Å². The predicted molar refractivity (Wildman–Crippen MR) is 39.3 cm³/mol. The molecule has 0 saturated heterocycles. The zero-order valence-electron chi connectivity index (χ0n) is 5.57. The molecule has 0 aromatic carbocycles. The van der Waals surface area contributed by atoms with Crippen LogP contribution in [-0.4, -0.2) is 18.1 Å². The zero-order chi connectivity index (χ0) is 6.41. The first-order valence-corrected chi connectivity index (χ1v) is 3.69. The van der Waals surface area contributed by atoms with Crippen LogP contribution in [0.5, 0.6) is 0 Å². The predicted octanol–water partition coefficient (Wildman–Crippen LogP) is 2.14. The first kappa shape index (κ1) is 12.4. The van der Waals surface area contributed by atoms with E-state index in [0.29, 0.717) is 13.2 Å². The Balaban J connectivity index is 0. The summed E-state index contributed by atoms with van der Waals surface area (Å²) in [6.45, 7) is 4.62. The summed E-state index contributed by atoms with van der Waals surface area (Å²) in [6.07, 6.45) is 0. The summed E-state index contributed by atoms with van der Waals surface area (Å²) in [5, 5.41) is 0. The van der Waals surface area contributed by atoms with Gasteiger partial charge in [0.2, 0.25) is 0 Å². The Hall–Kier alpha value is 0.740. The summed E-state index contributed by atoms with van der Waals surface area (Å²) >= 11 is 0. The summed E-state index contributed by atoms with van der Waals surface area (Å²) in [6, 6.07) is 0. The zero-order valence-corrected chi connectivity index (χ0v) is 7.36. The molecule has 0 rings (SSSR count). The molecule has 0 aliphatic carbocycles. The molecule has 5 heteroatoms. The van der Waals surface area contributed by atoms with Crippen molar-refractivity contribution in [1.82, 2.24) is 0 Å². The van der Waals surface area contributed by atoms with Crippen LogP contribution >= 0.6 is 18.5 Å². The van der Waals surface area contributed by atoms with Gasteiger partial charge in [-0.2, -0.15) is 0 Å². The van der Waals surface area contributed by atoms with Crippen LogP contribution in [0.15, 0.2) is 0 Å². The molecule has 0 amide bonds. The molecule has 0 atom stereocenters. The minimum Gasteiger partial charge on any atom is -0.328 e. The fraction of sp³-hybridized carbons (Fsp3) is 1.00. The summed E-state index contributed by atoms with van der Waals surface area (Å²) in [4.78, 5) is 8.67. The molecule has 0 aromatic heterocycles. The highest BCUT2D eigenvalue weighted by Gasteiger charge is 2.00. The summed E-state index contributed by atoms with van der Waals surface area (Å²) in [5.74, 6) is 0. The normalized spacial score (nSPS) is 9.33. The average molecular weight is 169 g/mol. The molecule has 3 radical (unpaired) electrons. The van der Waals surface area contributed by atoms with Gasteiger partial charge < -0.3 is 13.9 Å². The summed E-state index contributed by atoms with van der Waals surface area (Å²) < 4.78 is 9.36. The number of hydrogen-bond acceptors (Lipinski definition) is 3. The van der Waals surface area contributed by atoms with Crippen molar-refractivity contribution in [3.05, 3.63) is 0 Å². The third-order valence-corrected chi connectivity index (χ3v) is 1.44. The van der Waals surface area contributed by atoms with Gasteiger partial charge in [0.1, 0.15) is 0 Å². The van der Waals surface area contributed by atoms with E-state index in [0.717, 1.165) is 0 Å². The highest BCUT2D eigenvalue weighted by molar-refractivity contribution is 7.40. The van der Waals surface area contributed by atoms with Crippen LogP contribution < -0.4 is 0 Å². The van der Waals surface area contributed by atoms with Crippen LogP contribution in [0.25, 0.3) is 0 Å². The van der Waals surface area contributed by atoms with E-state index in [9.17, 15) is 0 Å². The Bertz CT molecular complexity index is 47.1. The largest absolute Gasteiger partial charge is 0.329 e. The van der Waals surface area contributed by atoms with Crippen LogP contribution in [0.4, 0.5) is 0 Å². The first-order valence-electron chi connectivity index (χ1n) is 2.56. The quantitative estimate of drug-likeness (QED) is 0.655. The van der Waals surface area contributed by atoms with Crippen LogP contribution in [0.1, 0.15) is 13.8 Å². The van der Waals surface area contributed by atoms with Gasteiger partial charge in [0.05, 0.1) is 13.2 Å². The lowest BCUT2D eigenvalue weighted by Crippen LogP contribution is -1.87. The molecule has 0 fully saturated rings. The Morgan fingerprint density at radius 1 is 1.22 bits per heavy atom. The minimum atomic E-state index is -1.58. The van der Waals surface area contributed by atoms with Crippen molar-refractivity contribution in [1.29, 1.82) is 0 Å². The molecular formula is C4H11O3P2. The van der Waals surface area contributed by atoms with E-state index in [2.05, 4.69) is 9.05 Å². The summed E-state index contributed by atoms with van der Waals surface area (Å²) in [5.41, 5.74) is 0. The van der Waals surface area contributed by atoms with Crippen molar-refractivity contribution in [3.63, 3.8) is 0 Å². The van der Waals surface area contributed by atoms with Crippen LogP contribution in [0.3, 0.4) is 0 Å². The molecule has 3 nitrogen and oxygen atoms in total. The van der Waals surface area contributed by atoms with E-state index >= 15 is 0 Å². The lowest BCUT2D eigenvalue weighted by atomic mass is 10.9. The Morgan fingerprint density at radius 2 is 1.56 bits per heavy atom. The second-order valence-electron chi connectivity index (χ2n) is 1.07. The van der Waals surface area contributed by atoms with Gasteiger partial charge in [-0.25, -0.2) is 0 Å². The molecule has 1 N–H and O–H groups in total. The molecule has 9 heavy (non-hydrogen) atoms. The maximum atomic E-state index is 8.67. The van der Waals surface area contributed by atoms with Gasteiger partial charge in [-0.1, -0.05) is 0 Å². The molecule has 0 aliphatic heterocycles. The lowest BCUT2D eigenvalue weighted by Gasteiger charge is -2.05. The number of hydrogen-bond donors (Lipinski definition) is 1. The van der Waals surface area contributed by atoms with Gasteiger partial charge in [-0.05, 0) is 13.8 Å². The fourth-order valence-electron chi connectivity index (χ4n) is 0.258. The molecular weight excluding hydrogens is 158 g/mol. The van der Waals surface area contributed by atoms with Crippen LogP contribution in [-0.2, 0) is 9.05 Å². The van der Waals surface area contributed by atoms with Gasteiger partial charge in [-0.3, -0.25) is 0 Å². The molecule has 0 saturated carbocycles. The molecule has 0 aromatic rings. The maximum absolute atomic E-state index is 8.67. The van der Waals surface area contributed by atoms with E-state index in [1.54, 1.807) is 0 Å². The van der Waals surface area contributed by atoms with Gasteiger partial charge in [0.15, 0.2) is 0 Å². The topological polar surface area (TPSA) is 38.7 Å². The summed E-state index contributed by atoms with van der Waals surface area (Å²) in [7, 11) is -1.58. The number of rotatable bonds is 4. The monoisotopic (exact) mass is 169 g/mol. The molecule has 0 heterocycles. The molecule has 55 valence electrons. The molecule has 0 spiro atoms. The van der Waals surface area contributed by atoms with Crippen LogP contribution in [0, 0.1) is 0 Å². The average Bonchev–Trinajstić information content (AvgIpc) is 1.68. The first-order chi connectivity index (χ1) is 3.81. The van der Waals surface area contributed by atoms with Crippen molar-refractivity contribution in [2.24, 2.45) is 0 Å². The molecule has 0 aliphatic rings. The van der Waals surface area contributed by atoms with Crippen molar-refractivity contribution >= 4 is 18.5 Å². The fourth-order valence-corrected chi connectivity index (χ4v) is 0.774. The van der Waals surface area contributed by atoms with Crippen LogP contribution in [0.2, 0.25) is 0 Å². The minimum absolute atomic E-state index is 0. The SMILES string of the molecule is CCOP(O)OCC.[P]. The van der Waals surface area contributed by atoms with Crippen molar-refractivity contribution in [2.45, 2.75) is 13.8 Å². The van der Waals surface area contributed by atoms with Crippen molar-refractivity contribution in [2.75, 3.05) is 13.2 Å². The van der Waals surface area contributed by atoms with Gasteiger partial charge in [-0.15, -0.1) is 0 Å². The van der Waals surface area contributed by atoms with Gasteiger partial charge in [0.25, 0.3) is 0 Å². The van der Waals surface area contributed by atoms with E-state index in [1.807, 2.05) is 13.8 Å². The third-order valence-electron chi connectivity index (χ3n) is 0.479. The standard InChI is InChI=1S/C4H11O3P.P/c1-3-6-8(5)7-4-2;/h5H,3-4H2,1-2H3;. The second-order valence-corrected chi connectivity index (χ2v) is 2.07. The highest BCUT2D eigenvalue weighted by atomic mass is 31.2. The highest BCUT2D eigenvalue weighted by Crippen LogP contribution is 2.31. The third kappa shape index (κ3) is 8.74. The maximum Gasteiger partial charge on any atom is 0.329 e. The van der Waals surface area contributed by atoms with Gasteiger partial charge >= 0.3 is 8.60 Å². The Kier molecular flexibility index (Phi) is 12.1. The van der Waals surface area contributed by atoms with Crippen molar-refractivity contribution in [3.8, 4) is 0 Å². The van der Waals surface area contributed by atoms with E-state index in [-0.39, 0.29) is 9.90 Å². The second kappa shape index (κ2) is 8.74. The van der Waals surface area contributed by atoms with Crippen molar-refractivity contribution < 1.29 is 13.9 Å². The van der Waals surface area contributed by atoms with E-state index < -0.39 is 8.60 Å². The molecule has 0 unspecified atom stereocenters. The Labute approximate surface area is 60.4 Å². The Morgan fingerprint density at radius 3 is 1.78 bits per heavy atom.